The SMILES string of the molecule is [B]c1csc([C@@]2(C)N=C(N)N(C)C(=O)[C@@H]2C2CC2)c1. The molecule has 4 nitrogen and oxygen atoms in total. The number of hydrogen-bond donors (Lipinski definition) is 1. The van der Waals surface area contributed by atoms with Crippen molar-refractivity contribution < 1.29 is 4.79 Å². The topological polar surface area (TPSA) is 58.7 Å². The van der Waals surface area contributed by atoms with Gasteiger partial charge in [0.05, 0.1) is 5.92 Å². The third-order valence-electron chi connectivity index (χ3n) is 4.10. The van der Waals surface area contributed by atoms with Crippen LogP contribution in [0.5, 0.6) is 0 Å². The molecule has 0 spiro atoms. The van der Waals surface area contributed by atoms with Gasteiger partial charge in [0.15, 0.2) is 5.96 Å². The summed E-state index contributed by atoms with van der Waals surface area (Å²) in [4.78, 5) is 19.7. The summed E-state index contributed by atoms with van der Waals surface area (Å²) in [5.74, 6) is 0.656. The van der Waals surface area contributed by atoms with E-state index >= 15 is 0 Å². The van der Waals surface area contributed by atoms with Gasteiger partial charge in [0.1, 0.15) is 13.4 Å². The smallest absolute Gasteiger partial charge is 0.235 e. The fraction of sp³-hybridized carbons (Fsp3) is 0.538. The summed E-state index contributed by atoms with van der Waals surface area (Å²) in [5.41, 5.74) is 6.05. The highest BCUT2D eigenvalue weighted by atomic mass is 32.1. The van der Waals surface area contributed by atoms with Crippen molar-refractivity contribution in [3.63, 3.8) is 0 Å². The molecule has 2 radical (unpaired) electrons. The minimum Gasteiger partial charge on any atom is -0.369 e. The van der Waals surface area contributed by atoms with E-state index < -0.39 is 5.54 Å². The van der Waals surface area contributed by atoms with Crippen LogP contribution < -0.4 is 11.2 Å². The van der Waals surface area contributed by atoms with Gasteiger partial charge < -0.3 is 5.73 Å². The van der Waals surface area contributed by atoms with Crippen molar-refractivity contribution in [2.24, 2.45) is 22.6 Å². The van der Waals surface area contributed by atoms with E-state index in [1.807, 2.05) is 18.4 Å². The van der Waals surface area contributed by atoms with Gasteiger partial charge in [0.25, 0.3) is 0 Å². The molecule has 98 valence electrons. The van der Waals surface area contributed by atoms with Crippen LogP contribution in [0.2, 0.25) is 0 Å². The van der Waals surface area contributed by atoms with Crippen LogP contribution in [-0.4, -0.2) is 31.7 Å². The van der Waals surface area contributed by atoms with Crippen LogP contribution in [0.4, 0.5) is 0 Å². The Labute approximate surface area is 118 Å². The molecule has 2 atom stereocenters. The second-order valence-corrected chi connectivity index (χ2v) is 6.49. The van der Waals surface area contributed by atoms with Crippen molar-refractivity contribution in [2.45, 2.75) is 25.3 Å². The minimum absolute atomic E-state index is 0.0736. The molecule has 6 heteroatoms. The molecule has 2 N–H and O–H groups in total. The third kappa shape index (κ3) is 1.89. The van der Waals surface area contributed by atoms with Gasteiger partial charge in [-0.2, -0.15) is 0 Å². The van der Waals surface area contributed by atoms with Gasteiger partial charge in [0.2, 0.25) is 5.91 Å². The fourth-order valence-electron chi connectivity index (χ4n) is 2.86. The summed E-state index contributed by atoms with van der Waals surface area (Å²) in [7, 11) is 7.51. The number of aliphatic imine (C=N–C) groups is 1. The molecular formula is C13H16BN3OS. The second-order valence-electron chi connectivity index (χ2n) is 5.57. The van der Waals surface area contributed by atoms with Crippen molar-refractivity contribution in [1.82, 2.24) is 4.90 Å². The lowest BCUT2D eigenvalue weighted by Crippen LogP contribution is -2.54. The first kappa shape index (κ1) is 12.7. The van der Waals surface area contributed by atoms with E-state index in [-0.39, 0.29) is 17.8 Å². The Kier molecular flexibility index (Phi) is 2.75. The number of amides is 1. The first-order chi connectivity index (χ1) is 8.93. The van der Waals surface area contributed by atoms with Gasteiger partial charge >= 0.3 is 0 Å². The lowest BCUT2D eigenvalue weighted by Gasteiger charge is -2.40. The van der Waals surface area contributed by atoms with E-state index in [1.165, 1.54) is 4.90 Å². The first-order valence-corrected chi connectivity index (χ1v) is 7.29. The number of rotatable bonds is 2. The Hall–Kier alpha value is -1.30. The number of hydrogen-bond acceptors (Lipinski definition) is 4. The van der Waals surface area contributed by atoms with E-state index in [9.17, 15) is 4.79 Å². The number of thiophene rings is 1. The average Bonchev–Trinajstić information content (AvgIpc) is 3.07. The summed E-state index contributed by atoms with van der Waals surface area (Å²) >= 11 is 1.55. The van der Waals surface area contributed by atoms with Crippen LogP contribution in [0, 0.1) is 11.8 Å². The number of nitrogens with two attached hydrogens (primary N) is 1. The lowest BCUT2D eigenvalue weighted by atomic mass is 9.78. The fourth-order valence-corrected chi connectivity index (χ4v) is 3.81. The lowest BCUT2D eigenvalue weighted by molar-refractivity contribution is -0.134. The molecule has 1 amide bonds. The molecular weight excluding hydrogens is 257 g/mol. The molecule has 1 aliphatic carbocycles. The van der Waals surface area contributed by atoms with Gasteiger partial charge in [-0.25, -0.2) is 4.99 Å². The molecule has 0 saturated heterocycles. The van der Waals surface area contributed by atoms with Crippen LogP contribution >= 0.6 is 11.3 Å². The largest absolute Gasteiger partial charge is 0.369 e. The Morgan fingerprint density at radius 2 is 2.26 bits per heavy atom. The molecule has 0 aromatic carbocycles. The van der Waals surface area contributed by atoms with Crippen LogP contribution in [0.25, 0.3) is 0 Å². The molecule has 2 aliphatic rings. The summed E-state index contributed by atoms with van der Waals surface area (Å²) in [6.07, 6.45) is 2.19. The molecule has 2 heterocycles. The van der Waals surface area contributed by atoms with Gasteiger partial charge in [0, 0.05) is 11.9 Å². The zero-order valence-electron chi connectivity index (χ0n) is 11.1. The van der Waals surface area contributed by atoms with E-state index in [0.29, 0.717) is 5.92 Å². The maximum atomic E-state index is 12.6. The molecule has 0 unspecified atom stereocenters. The standard InChI is InChI=1S/C13H16BN3OS/c1-13(9-5-8(14)6-19-9)10(7-3-4-7)11(18)17(2)12(15)16-13/h5-7,10H,3-4H2,1-2H3,(H2,15,16)/t10-,13+/m0/s1. The minimum atomic E-state index is -0.572. The highest BCUT2D eigenvalue weighted by molar-refractivity contribution is 7.11. The first-order valence-electron chi connectivity index (χ1n) is 6.41. The van der Waals surface area contributed by atoms with Gasteiger partial charge in [-0.1, -0.05) is 11.5 Å². The van der Waals surface area contributed by atoms with Crippen LogP contribution in [0.3, 0.4) is 0 Å². The van der Waals surface area contributed by atoms with Gasteiger partial charge in [-0.05, 0) is 31.1 Å². The summed E-state index contributed by atoms with van der Waals surface area (Å²) in [5, 5.41) is 1.89. The number of nitrogens with zero attached hydrogens (tertiary/aromatic N) is 2. The van der Waals surface area contributed by atoms with Gasteiger partial charge in [-0.15, -0.1) is 11.3 Å². The molecule has 1 aliphatic heterocycles. The molecule has 19 heavy (non-hydrogen) atoms. The predicted octanol–water partition coefficient (Wildman–Crippen LogP) is 0.570. The zero-order valence-corrected chi connectivity index (χ0v) is 11.9. The second kappa shape index (κ2) is 4.10. The molecule has 1 aromatic heterocycles. The Bertz CT molecular complexity index is 566. The number of carbonyl (C=O) groups is 1. The molecule has 1 fully saturated rings. The summed E-state index contributed by atoms with van der Waals surface area (Å²) < 4.78 is 0. The van der Waals surface area contributed by atoms with Crippen LogP contribution in [0.1, 0.15) is 24.6 Å². The quantitative estimate of drug-likeness (QED) is 0.801. The Balaban J connectivity index is 2.12. The van der Waals surface area contributed by atoms with E-state index in [4.69, 9.17) is 13.6 Å². The van der Waals surface area contributed by atoms with Gasteiger partial charge in [-0.3, -0.25) is 9.69 Å². The summed E-state index contributed by atoms with van der Waals surface area (Å²) in [6, 6.07) is 1.91. The maximum Gasteiger partial charge on any atom is 0.235 e. The van der Waals surface area contributed by atoms with Crippen LogP contribution in [0.15, 0.2) is 16.4 Å². The molecule has 1 aromatic rings. The molecule has 1 saturated carbocycles. The molecule has 3 rings (SSSR count). The van der Waals surface area contributed by atoms with Crippen LogP contribution in [-0.2, 0) is 10.3 Å². The van der Waals surface area contributed by atoms with Crippen molar-refractivity contribution in [1.29, 1.82) is 0 Å². The third-order valence-corrected chi connectivity index (χ3v) is 5.28. The Morgan fingerprint density at radius 3 is 2.79 bits per heavy atom. The number of carbonyl (C=O) groups excluding carboxylic acids is 1. The normalized spacial score (nSPS) is 31.5. The monoisotopic (exact) mass is 273 g/mol. The summed E-state index contributed by atoms with van der Waals surface area (Å²) in [6.45, 7) is 2.00. The van der Waals surface area contributed by atoms with E-state index in [0.717, 1.165) is 23.2 Å². The highest BCUT2D eigenvalue weighted by Crippen LogP contribution is 2.50. The van der Waals surface area contributed by atoms with Crippen molar-refractivity contribution in [2.75, 3.05) is 7.05 Å². The van der Waals surface area contributed by atoms with Crippen molar-refractivity contribution in [3.05, 3.63) is 16.3 Å². The average molecular weight is 273 g/mol. The molecule has 0 bridgehead atoms. The zero-order chi connectivity index (χ0) is 13.8. The maximum absolute atomic E-state index is 12.6. The van der Waals surface area contributed by atoms with Crippen molar-refractivity contribution in [3.8, 4) is 0 Å². The number of guanidine groups is 1. The van der Waals surface area contributed by atoms with E-state index in [2.05, 4.69) is 4.99 Å². The van der Waals surface area contributed by atoms with Crippen molar-refractivity contribution >= 4 is 36.5 Å². The predicted molar refractivity (Wildman–Crippen MR) is 77.7 cm³/mol. The Morgan fingerprint density at radius 1 is 1.58 bits per heavy atom. The highest BCUT2D eigenvalue weighted by Gasteiger charge is 2.53. The van der Waals surface area contributed by atoms with E-state index in [1.54, 1.807) is 18.4 Å².